The number of amides is 2. The molecule has 0 aliphatic rings. The summed E-state index contributed by atoms with van der Waals surface area (Å²) in [5.74, 6) is -0.622. The Labute approximate surface area is 82.6 Å². The van der Waals surface area contributed by atoms with E-state index in [-0.39, 0.29) is 0 Å². The van der Waals surface area contributed by atoms with E-state index in [0.717, 1.165) is 6.42 Å². The fourth-order valence-electron chi connectivity index (χ4n) is 0.674. The smallest absolute Gasteiger partial charge is 0.338 e. The lowest BCUT2D eigenvalue weighted by molar-refractivity contribution is -0.144. The van der Waals surface area contributed by atoms with E-state index in [9.17, 15) is 9.59 Å². The summed E-state index contributed by atoms with van der Waals surface area (Å²) in [6.45, 7) is 4.08. The van der Waals surface area contributed by atoms with Gasteiger partial charge in [-0.3, -0.25) is 4.84 Å². The molecule has 14 heavy (non-hydrogen) atoms. The van der Waals surface area contributed by atoms with Gasteiger partial charge in [0, 0.05) is 6.54 Å². The zero-order chi connectivity index (χ0) is 11.0. The van der Waals surface area contributed by atoms with Crippen molar-refractivity contribution in [2.24, 2.45) is 5.92 Å². The predicted molar refractivity (Wildman–Crippen MR) is 49.6 cm³/mol. The average Bonchev–Trinajstić information content (AvgIpc) is 2.02. The number of nitrogens with one attached hydrogen (secondary N) is 2. The molecular weight excluding hydrogens is 188 g/mol. The van der Waals surface area contributed by atoms with Gasteiger partial charge in [0.05, 0.1) is 0 Å². The molecule has 82 valence electrons. The highest BCUT2D eigenvalue weighted by Gasteiger charge is 2.02. The van der Waals surface area contributed by atoms with Crippen LogP contribution in [-0.2, 0) is 9.63 Å². The molecule has 2 amide bonds. The number of urea groups is 1. The summed E-state index contributed by atoms with van der Waals surface area (Å²) in [4.78, 5) is 25.2. The second-order valence-electron chi connectivity index (χ2n) is 3.22. The summed E-state index contributed by atoms with van der Waals surface area (Å²) in [7, 11) is 0. The van der Waals surface area contributed by atoms with Crippen molar-refractivity contribution in [3.8, 4) is 0 Å². The Balaban J connectivity index is 3.33. The van der Waals surface area contributed by atoms with E-state index < -0.39 is 18.6 Å². The fraction of sp³-hybridized carbons (Fsp3) is 0.750. The van der Waals surface area contributed by atoms with Gasteiger partial charge in [-0.05, 0) is 12.3 Å². The molecule has 0 saturated carbocycles. The third kappa shape index (κ3) is 8.79. The summed E-state index contributed by atoms with van der Waals surface area (Å²) >= 11 is 0. The van der Waals surface area contributed by atoms with Crippen molar-refractivity contribution >= 4 is 12.0 Å². The Morgan fingerprint density at radius 1 is 1.43 bits per heavy atom. The maximum atomic E-state index is 10.9. The first-order chi connectivity index (χ1) is 6.52. The minimum absolute atomic E-state index is 0.509. The molecule has 0 unspecified atom stereocenters. The van der Waals surface area contributed by atoms with Gasteiger partial charge in [-0.1, -0.05) is 13.8 Å². The van der Waals surface area contributed by atoms with Crippen LogP contribution in [0.1, 0.15) is 20.3 Å². The van der Waals surface area contributed by atoms with Crippen LogP contribution < -0.4 is 10.8 Å². The summed E-state index contributed by atoms with van der Waals surface area (Å²) < 4.78 is 0. The fourth-order valence-corrected chi connectivity index (χ4v) is 0.674. The van der Waals surface area contributed by atoms with E-state index in [0.29, 0.717) is 12.5 Å². The van der Waals surface area contributed by atoms with Crippen molar-refractivity contribution in [2.75, 3.05) is 13.2 Å². The van der Waals surface area contributed by atoms with Crippen LogP contribution >= 0.6 is 0 Å². The SMILES string of the molecule is CC(C)CCNC(=O)NOCC(=O)O. The molecule has 0 atom stereocenters. The number of carbonyl (C=O) groups excluding carboxylic acids is 1. The first kappa shape index (κ1) is 12.7. The zero-order valence-corrected chi connectivity index (χ0v) is 8.37. The van der Waals surface area contributed by atoms with Crippen LogP contribution in [0.4, 0.5) is 4.79 Å². The minimum Gasteiger partial charge on any atom is -0.479 e. The van der Waals surface area contributed by atoms with Crippen molar-refractivity contribution in [1.29, 1.82) is 0 Å². The largest absolute Gasteiger partial charge is 0.479 e. The van der Waals surface area contributed by atoms with E-state index in [1.807, 2.05) is 19.3 Å². The van der Waals surface area contributed by atoms with Crippen LogP contribution in [0, 0.1) is 5.92 Å². The monoisotopic (exact) mass is 204 g/mol. The molecule has 0 aromatic rings. The van der Waals surface area contributed by atoms with E-state index in [1.165, 1.54) is 0 Å². The van der Waals surface area contributed by atoms with Gasteiger partial charge >= 0.3 is 12.0 Å². The normalized spacial score (nSPS) is 9.93. The minimum atomic E-state index is -1.13. The lowest BCUT2D eigenvalue weighted by Gasteiger charge is -2.07. The Kier molecular flexibility index (Phi) is 6.47. The predicted octanol–water partition coefficient (Wildman–Crippen LogP) is 0.348. The standard InChI is InChI=1S/C8H16N2O4/c1-6(2)3-4-9-8(13)10-14-5-7(11)12/h6H,3-5H2,1-2H3,(H,11,12)(H2,9,10,13). The van der Waals surface area contributed by atoms with Crippen LogP contribution in [0.25, 0.3) is 0 Å². The maximum absolute atomic E-state index is 10.9. The van der Waals surface area contributed by atoms with Crippen molar-refractivity contribution in [3.05, 3.63) is 0 Å². The molecule has 6 heteroatoms. The van der Waals surface area contributed by atoms with Gasteiger partial charge in [0.25, 0.3) is 0 Å². The lowest BCUT2D eigenvalue weighted by atomic mass is 10.1. The summed E-state index contributed by atoms with van der Waals surface area (Å²) in [6.07, 6.45) is 0.867. The van der Waals surface area contributed by atoms with Crippen molar-refractivity contribution in [3.63, 3.8) is 0 Å². The number of hydroxylamine groups is 1. The van der Waals surface area contributed by atoms with Gasteiger partial charge in [-0.25, -0.2) is 15.1 Å². The number of hydrogen-bond donors (Lipinski definition) is 3. The summed E-state index contributed by atoms with van der Waals surface area (Å²) in [5.41, 5.74) is 1.96. The molecule has 0 bridgehead atoms. The molecule has 0 aromatic heterocycles. The van der Waals surface area contributed by atoms with Crippen LogP contribution in [0.5, 0.6) is 0 Å². The second-order valence-corrected chi connectivity index (χ2v) is 3.22. The van der Waals surface area contributed by atoms with E-state index in [1.54, 1.807) is 0 Å². The molecule has 0 saturated heterocycles. The second kappa shape index (κ2) is 7.14. The Morgan fingerprint density at radius 3 is 2.57 bits per heavy atom. The molecule has 0 radical (unpaired) electrons. The quantitative estimate of drug-likeness (QED) is 0.545. The molecular formula is C8H16N2O4. The van der Waals surface area contributed by atoms with Gasteiger partial charge < -0.3 is 10.4 Å². The van der Waals surface area contributed by atoms with Crippen molar-refractivity contribution in [1.82, 2.24) is 10.8 Å². The molecule has 0 spiro atoms. The van der Waals surface area contributed by atoms with Crippen molar-refractivity contribution in [2.45, 2.75) is 20.3 Å². The van der Waals surface area contributed by atoms with E-state index >= 15 is 0 Å². The van der Waals surface area contributed by atoms with Crippen LogP contribution in [0.15, 0.2) is 0 Å². The highest BCUT2D eigenvalue weighted by atomic mass is 16.7. The van der Waals surface area contributed by atoms with Gasteiger partial charge in [-0.2, -0.15) is 0 Å². The number of carboxylic acids is 1. The highest BCUT2D eigenvalue weighted by molar-refractivity contribution is 5.73. The molecule has 0 heterocycles. The molecule has 3 N–H and O–H groups in total. The first-order valence-electron chi connectivity index (χ1n) is 4.39. The average molecular weight is 204 g/mol. The van der Waals surface area contributed by atoms with Gasteiger partial charge in [0.2, 0.25) is 0 Å². The third-order valence-electron chi connectivity index (χ3n) is 1.37. The van der Waals surface area contributed by atoms with Crippen molar-refractivity contribution < 1.29 is 19.5 Å². The van der Waals surface area contributed by atoms with E-state index in [4.69, 9.17) is 5.11 Å². The van der Waals surface area contributed by atoms with Crippen LogP contribution in [0.2, 0.25) is 0 Å². The molecule has 0 aliphatic heterocycles. The van der Waals surface area contributed by atoms with Gasteiger partial charge in [0.1, 0.15) is 0 Å². The van der Waals surface area contributed by atoms with E-state index in [2.05, 4.69) is 10.2 Å². The number of aliphatic carboxylic acids is 1. The number of carbonyl (C=O) groups is 2. The molecule has 0 aliphatic carbocycles. The Bertz CT molecular complexity index is 194. The van der Waals surface area contributed by atoms with Gasteiger partial charge in [-0.15, -0.1) is 0 Å². The Morgan fingerprint density at radius 2 is 2.07 bits per heavy atom. The summed E-state index contributed by atoms with van der Waals surface area (Å²) in [5, 5.41) is 10.7. The Hall–Kier alpha value is -1.30. The zero-order valence-electron chi connectivity index (χ0n) is 8.37. The molecule has 6 nitrogen and oxygen atoms in total. The molecule has 0 rings (SSSR count). The maximum Gasteiger partial charge on any atom is 0.338 e. The number of hydrogen-bond acceptors (Lipinski definition) is 3. The topological polar surface area (TPSA) is 87.7 Å². The molecule has 0 aromatic carbocycles. The highest BCUT2D eigenvalue weighted by Crippen LogP contribution is 1.95. The third-order valence-corrected chi connectivity index (χ3v) is 1.37. The number of rotatable bonds is 6. The number of carboxylic acid groups (broad SMARTS) is 1. The van der Waals surface area contributed by atoms with Gasteiger partial charge in [0.15, 0.2) is 6.61 Å². The van der Waals surface area contributed by atoms with Crippen LogP contribution in [-0.4, -0.2) is 30.3 Å². The first-order valence-corrected chi connectivity index (χ1v) is 4.39. The molecule has 0 fully saturated rings. The lowest BCUT2D eigenvalue weighted by Crippen LogP contribution is -2.37. The summed E-state index contributed by atoms with van der Waals surface area (Å²) in [6, 6.07) is -0.521. The van der Waals surface area contributed by atoms with Crippen LogP contribution in [0.3, 0.4) is 0 Å².